The van der Waals surface area contributed by atoms with Crippen molar-refractivity contribution in [2.75, 3.05) is 0 Å². The van der Waals surface area contributed by atoms with E-state index in [9.17, 15) is 0 Å². The van der Waals surface area contributed by atoms with E-state index in [-0.39, 0.29) is 5.41 Å². The maximum atomic E-state index is 3.68. The molecular weight excluding hydrogens is 308 g/mol. The Labute approximate surface area is 130 Å². The van der Waals surface area contributed by atoms with Crippen molar-refractivity contribution in [2.24, 2.45) is 5.41 Å². The van der Waals surface area contributed by atoms with Crippen LogP contribution >= 0.6 is 15.9 Å². The predicted molar refractivity (Wildman–Crippen MR) is 89.3 cm³/mol. The smallest absolute Gasteiger partial charge is 0.0932 e. The van der Waals surface area contributed by atoms with Crippen LogP contribution in [0.25, 0.3) is 0 Å². The first-order valence-electron chi connectivity index (χ1n) is 6.59. The molecule has 0 saturated heterocycles. The van der Waals surface area contributed by atoms with Crippen molar-refractivity contribution >= 4 is 15.9 Å². The molecule has 1 unspecified atom stereocenters. The van der Waals surface area contributed by atoms with Crippen molar-refractivity contribution in [3.63, 3.8) is 0 Å². The van der Waals surface area contributed by atoms with Crippen LogP contribution in [0, 0.1) is 36.0 Å². The normalized spacial score (nSPS) is 20.8. The van der Waals surface area contributed by atoms with Gasteiger partial charge in [0.15, 0.2) is 0 Å². The Morgan fingerprint density at radius 2 is 1.70 bits per heavy atom. The molecule has 0 radical (unpaired) electrons. The molecule has 0 aliphatic heterocycles. The molecule has 0 fully saturated rings. The highest BCUT2D eigenvalue weighted by atomic mass is 79.9. The maximum Gasteiger partial charge on any atom is 0.0932 e. The van der Waals surface area contributed by atoms with E-state index < -0.39 is 0 Å². The van der Waals surface area contributed by atoms with Crippen molar-refractivity contribution in [3.8, 4) is 23.7 Å². The van der Waals surface area contributed by atoms with Gasteiger partial charge in [0.2, 0.25) is 0 Å². The molecule has 0 spiro atoms. The Bertz CT molecular complexity index is 709. The molecule has 0 bridgehead atoms. The highest BCUT2D eigenvalue weighted by Crippen LogP contribution is 2.45. The van der Waals surface area contributed by atoms with E-state index in [1.54, 1.807) is 0 Å². The van der Waals surface area contributed by atoms with Crippen LogP contribution in [-0.4, -0.2) is 0 Å². The Balaban J connectivity index is 2.42. The van der Waals surface area contributed by atoms with Crippen LogP contribution in [-0.2, 0) is 0 Å². The fourth-order valence-electron chi connectivity index (χ4n) is 2.19. The summed E-state index contributed by atoms with van der Waals surface area (Å²) in [5.41, 5.74) is 4.20. The molecule has 0 amide bonds. The highest BCUT2D eigenvalue weighted by Gasteiger charge is 2.35. The van der Waals surface area contributed by atoms with Crippen molar-refractivity contribution in [3.05, 3.63) is 57.1 Å². The summed E-state index contributed by atoms with van der Waals surface area (Å²) in [5.74, 6) is 12.8. The zero-order valence-corrected chi connectivity index (χ0v) is 13.9. The maximum absolute atomic E-state index is 3.68. The van der Waals surface area contributed by atoms with Crippen LogP contribution in [0.3, 0.4) is 0 Å². The van der Waals surface area contributed by atoms with Gasteiger partial charge >= 0.3 is 0 Å². The lowest BCUT2D eigenvalue weighted by Crippen LogP contribution is -2.14. The molecule has 1 aliphatic carbocycles. The Kier molecular flexibility index (Phi) is 4.22. The molecule has 100 valence electrons. The van der Waals surface area contributed by atoms with Crippen molar-refractivity contribution in [1.82, 2.24) is 0 Å². The van der Waals surface area contributed by atoms with Gasteiger partial charge in [-0.25, -0.2) is 0 Å². The van der Waals surface area contributed by atoms with Gasteiger partial charge in [0.05, 0.1) is 5.41 Å². The lowest BCUT2D eigenvalue weighted by atomic mass is 9.85. The van der Waals surface area contributed by atoms with Crippen LogP contribution < -0.4 is 0 Å². The second-order valence-electron chi connectivity index (χ2n) is 5.17. The molecule has 2 rings (SSSR count). The summed E-state index contributed by atoms with van der Waals surface area (Å²) >= 11 is 3.68. The highest BCUT2D eigenvalue weighted by molar-refractivity contribution is 9.11. The molecule has 0 aromatic heterocycles. The van der Waals surface area contributed by atoms with Gasteiger partial charge in [-0.1, -0.05) is 51.4 Å². The summed E-state index contributed by atoms with van der Waals surface area (Å²) in [6.45, 7) is 8.14. The second-order valence-corrected chi connectivity index (χ2v) is 5.96. The molecule has 1 aromatic carbocycles. The van der Waals surface area contributed by atoms with E-state index in [0.29, 0.717) is 0 Å². The topological polar surface area (TPSA) is 0 Å². The number of allylic oxidation sites excluding steroid dienone is 4. The van der Waals surface area contributed by atoms with E-state index in [1.165, 1.54) is 11.1 Å². The van der Waals surface area contributed by atoms with Gasteiger partial charge in [-0.3, -0.25) is 0 Å². The van der Waals surface area contributed by atoms with E-state index in [0.717, 1.165) is 15.6 Å². The SMILES string of the molecule is CC#CC1=CC(C)=C(Br)C1(C)C#Cc1ccc(C)cc1. The van der Waals surface area contributed by atoms with Crippen LogP contribution in [0.4, 0.5) is 0 Å². The van der Waals surface area contributed by atoms with Crippen LogP contribution in [0.5, 0.6) is 0 Å². The quantitative estimate of drug-likeness (QED) is 0.590. The number of hydrogen-bond acceptors (Lipinski definition) is 0. The molecule has 1 heteroatoms. The third kappa shape index (κ3) is 2.74. The van der Waals surface area contributed by atoms with Gasteiger partial charge in [-0.2, -0.15) is 0 Å². The molecule has 1 aliphatic rings. The minimum Gasteiger partial charge on any atom is -0.102 e. The van der Waals surface area contributed by atoms with Crippen LogP contribution in [0.15, 0.2) is 46.0 Å². The Morgan fingerprint density at radius 1 is 1.05 bits per heavy atom. The summed E-state index contributed by atoms with van der Waals surface area (Å²) in [4.78, 5) is 0. The van der Waals surface area contributed by atoms with Crippen LogP contribution in [0.1, 0.15) is 31.9 Å². The molecular formula is C19H17Br. The minimum atomic E-state index is -0.335. The lowest BCUT2D eigenvalue weighted by molar-refractivity contribution is 0.720. The van der Waals surface area contributed by atoms with Crippen molar-refractivity contribution in [1.29, 1.82) is 0 Å². The van der Waals surface area contributed by atoms with Gasteiger partial charge in [-0.05, 0) is 51.5 Å². The first kappa shape index (κ1) is 14.7. The number of benzene rings is 1. The summed E-state index contributed by atoms with van der Waals surface area (Å²) in [6.07, 6.45) is 2.12. The van der Waals surface area contributed by atoms with E-state index >= 15 is 0 Å². The van der Waals surface area contributed by atoms with E-state index in [1.807, 2.05) is 6.92 Å². The molecule has 0 N–H and O–H groups in total. The fraction of sp³-hybridized carbons (Fsp3) is 0.263. The summed E-state index contributed by atoms with van der Waals surface area (Å²) in [5, 5.41) is 0. The summed E-state index contributed by atoms with van der Waals surface area (Å²) in [7, 11) is 0. The Morgan fingerprint density at radius 3 is 2.30 bits per heavy atom. The molecule has 1 atom stereocenters. The number of halogens is 1. The van der Waals surface area contributed by atoms with Gasteiger partial charge in [0, 0.05) is 15.6 Å². The van der Waals surface area contributed by atoms with E-state index in [4.69, 9.17) is 0 Å². The molecule has 1 aromatic rings. The minimum absolute atomic E-state index is 0.335. The van der Waals surface area contributed by atoms with Gasteiger partial charge in [-0.15, -0.1) is 5.92 Å². The standard InChI is InChI=1S/C19H17Br/c1-5-6-17-13-15(3)18(20)19(17,4)12-11-16-9-7-14(2)8-10-16/h7-10,13H,1-4H3. The number of aryl methyl sites for hydroxylation is 1. The third-order valence-electron chi connectivity index (χ3n) is 3.45. The molecule has 20 heavy (non-hydrogen) atoms. The average molecular weight is 325 g/mol. The van der Waals surface area contributed by atoms with Gasteiger partial charge in [0.25, 0.3) is 0 Å². The van der Waals surface area contributed by atoms with E-state index in [2.05, 4.69) is 90.7 Å². The molecule has 0 nitrogen and oxygen atoms in total. The largest absolute Gasteiger partial charge is 0.102 e. The predicted octanol–water partition coefficient (Wildman–Crippen LogP) is 4.99. The van der Waals surface area contributed by atoms with Gasteiger partial charge in [0.1, 0.15) is 0 Å². The summed E-state index contributed by atoms with van der Waals surface area (Å²) in [6, 6.07) is 8.28. The van der Waals surface area contributed by atoms with Crippen molar-refractivity contribution in [2.45, 2.75) is 27.7 Å². The number of rotatable bonds is 0. The molecule has 0 saturated carbocycles. The monoisotopic (exact) mass is 324 g/mol. The average Bonchev–Trinajstić information content (AvgIpc) is 2.64. The molecule has 0 heterocycles. The second kappa shape index (κ2) is 5.74. The van der Waals surface area contributed by atoms with Gasteiger partial charge < -0.3 is 0 Å². The first-order valence-corrected chi connectivity index (χ1v) is 7.38. The zero-order valence-electron chi connectivity index (χ0n) is 12.3. The zero-order chi connectivity index (χ0) is 14.8. The first-order chi connectivity index (χ1) is 9.47. The number of hydrogen-bond donors (Lipinski definition) is 0. The third-order valence-corrected chi connectivity index (χ3v) is 4.87. The summed E-state index contributed by atoms with van der Waals surface area (Å²) < 4.78 is 1.11. The fourth-order valence-corrected chi connectivity index (χ4v) is 2.62. The van der Waals surface area contributed by atoms with Crippen LogP contribution in [0.2, 0.25) is 0 Å². The van der Waals surface area contributed by atoms with Crippen molar-refractivity contribution < 1.29 is 0 Å². The Hall–Kier alpha value is -1.70. The lowest BCUT2D eigenvalue weighted by Gasteiger charge is -2.19.